The van der Waals surface area contributed by atoms with Gasteiger partial charge in [-0.15, -0.1) is 0 Å². The lowest BCUT2D eigenvalue weighted by atomic mass is 9.84. The first-order valence-electron chi connectivity index (χ1n) is 13.1. The molecule has 2 aliphatic heterocycles. The van der Waals surface area contributed by atoms with Gasteiger partial charge in [0, 0.05) is 50.2 Å². The van der Waals surface area contributed by atoms with Crippen molar-refractivity contribution in [1.29, 1.82) is 0 Å². The van der Waals surface area contributed by atoms with Gasteiger partial charge in [0.25, 0.3) is 0 Å². The molecule has 0 spiro atoms. The van der Waals surface area contributed by atoms with Gasteiger partial charge in [-0.25, -0.2) is 9.78 Å². The first kappa shape index (κ1) is 25.3. The maximum absolute atomic E-state index is 13.1. The molecule has 10 heteroatoms. The predicted octanol–water partition coefficient (Wildman–Crippen LogP) is 2.71. The van der Waals surface area contributed by atoms with E-state index in [4.69, 9.17) is 10.5 Å². The van der Waals surface area contributed by atoms with Crippen LogP contribution in [0.1, 0.15) is 51.9 Å². The number of likely N-dealkylation sites (tertiary alicyclic amines) is 1. The number of amides is 2. The number of piperazine rings is 1. The van der Waals surface area contributed by atoms with E-state index in [-0.39, 0.29) is 23.9 Å². The SMILES string of the molecule is CC1CN(C(=O)O)CCN1C(=O)C1CCC(Nc2cc(OCCN3CCCCC3)ncc2N)CC1. The van der Waals surface area contributed by atoms with Crippen molar-refractivity contribution in [3.8, 4) is 5.88 Å². The highest BCUT2D eigenvalue weighted by Gasteiger charge is 2.35. The molecule has 4 N–H and O–H groups in total. The summed E-state index contributed by atoms with van der Waals surface area (Å²) < 4.78 is 5.90. The molecule has 0 aromatic carbocycles. The summed E-state index contributed by atoms with van der Waals surface area (Å²) >= 11 is 0. The van der Waals surface area contributed by atoms with E-state index in [9.17, 15) is 14.7 Å². The first-order chi connectivity index (χ1) is 16.9. The Balaban J connectivity index is 1.23. The second-order valence-electron chi connectivity index (χ2n) is 10.2. The fourth-order valence-corrected chi connectivity index (χ4v) is 5.51. The van der Waals surface area contributed by atoms with Crippen LogP contribution in [0.4, 0.5) is 16.2 Å². The number of nitrogens with two attached hydrogens (primary N) is 1. The molecule has 10 nitrogen and oxygen atoms in total. The highest BCUT2D eigenvalue weighted by atomic mass is 16.5. The van der Waals surface area contributed by atoms with Crippen molar-refractivity contribution in [2.75, 3.05) is 56.9 Å². The third-order valence-electron chi connectivity index (χ3n) is 7.63. The van der Waals surface area contributed by atoms with E-state index in [1.165, 1.54) is 24.2 Å². The van der Waals surface area contributed by atoms with Crippen LogP contribution in [0.25, 0.3) is 0 Å². The number of ether oxygens (including phenoxy) is 1. The van der Waals surface area contributed by atoms with E-state index in [0.717, 1.165) is 51.0 Å². The molecule has 1 unspecified atom stereocenters. The topological polar surface area (TPSA) is 124 Å². The van der Waals surface area contributed by atoms with Crippen molar-refractivity contribution in [2.24, 2.45) is 5.92 Å². The summed E-state index contributed by atoms with van der Waals surface area (Å²) in [6, 6.07) is 2.03. The van der Waals surface area contributed by atoms with E-state index >= 15 is 0 Å². The highest BCUT2D eigenvalue weighted by Crippen LogP contribution is 2.31. The Bertz CT molecular complexity index is 870. The maximum atomic E-state index is 13.1. The molecule has 1 aromatic rings. The van der Waals surface area contributed by atoms with E-state index in [1.807, 2.05) is 17.9 Å². The smallest absolute Gasteiger partial charge is 0.407 e. The number of carbonyl (C=O) groups is 2. The van der Waals surface area contributed by atoms with Crippen molar-refractivity contribution >= 4 is 23.4 Å². The van der Waals surface area contributed by atoms with Crippen LogP contribution >= 0.6 is 0 Å². The summed E-state index contributed by atoms with van der Waals surface area (Å²) in [6.45, 7) is 6.98. The molecule has 1 atom stereocenters. The van der Waals surface area contributed by atoms with Crippen LogP contribution in [0.15, 0.2) is 12.3 Å². The summed E-state index contributed by atoms with van der Waals surface area (Å²) in [7, 11) is 0. The molecule has 3 fully saturated rings. The molecule has 0 radical (unpaired) electrons. The lowest BCUT2D eigenvalue weighted by Gasteiger charge is -2.41. The molecule has 1 aliphatic carbocycles. The van der Waals surface area contributed by atoms with Gasteiger partial charge >= 0.3 is 6.09 Å². The third kappa shape index (κ3) is 6.68. The van der Waals surface area contributed by atoms with E-state index < -0.39 is 6.09 Å². The number of aromatic nitrogens is 1. The van der Waals surface area contributed by atoms with Gasteiger partial charge in [-0.1, -0.05) is 6.42 Å². The second-order valence-corrected chi connectivity index (χ2v) is 10.2. The minimum Gasteiger partial charge on any atom is -0.476 e. The molecular weight excluding hydrogens is 448 g/mol. The molecule has 0 bridgehead atoms. The van der Waals surface area contributed by atoms with Gasteiger partial charge in [-0.05, 0) is 58.5 Å². The number of pyridine rings is 1. The normalized spacial score (nSPS) is 25.8. The van der Waals surface area contributed by atoms with Gasteiger partial charge in [0.05, 0.1) is 17.6 Å². The van der Waals surface area contributed by atoms with E-state index in [2.05, 4.69) is 15.2 Å². The number of rotatable bonds is 7. The zero-order chi connectivity index (χ0) is 24.8. The molecule has 35 heavy (non-hydrogen) atoms. The zero-order valence-electron chi connectivity index (χ0n) is 20.8. The first-order valence-corrected chi connectivity index (χ1v) is 13.1. The average molecular weight is 489 g/mol. The maximum Gasteiger partial charge on any atom is 0.407 e. The Labute approximate surface area is 207 Å². The Morgan fingerprint density at radius 3 is 2.57 bits per heavy atom. The van der Waals surface area contributed by atoms with Crippen LogP contribution in [0.2, 0.25) is 0 Å². The Morgan fingerprint density at radius 2 is 1.89 bits per heavy atom. The average Bonchev–Trinajstić information content (AvgIpc) is 2.86. The molecule has 4 rings (SSSR count). The number of anilines is 2. The molecule has 2 amide bonds. The quantitative estimate of drug-likeness (QED) is 0.535. The molecular formula is C25H40N6O4. The Hall–Kier alpha value is -2.75. The van der Waals surface area contributed by atoms with Crippen LogP contribution < -0.4 is 15.8 Å². The summed E-state index contributed by atoms with van der Waals surface area (Å²) in [5.41, 5.74) is 7.61. The highest BCUT2D eigenvalue weighted by molar-refractivity contribution is 5.80. The van der Waals surface area contributed by atoms with Crippen LogP contribution in [-0.4, -0.2) is 94.7 Å². The van der Waals surface area contributed by atoms with Gasteiger partial charge in [0.2, 0.25) is 11.8 Å². The van der Waals surface area contributed by atoms with E-state index in [0.29, 0.717) is 37.8 Å². The Morgan fingerprint density at radius 1 is 1.14 bits per heavy atom. The van der Waals surface area contributed by atoms with Gasteiger partial charge in [0.15, 0.2) is 0 Å². The third-order valence-corrected chi connectivity index (χ3v) is 7.63. The fourth-order valence-electron chi connectivity index (χ4n) is 5.51. The van der Waals surface area contributed by atoms with Gasteiger partial charge in [0.1, 0.15) is 6.61 Å². The number of carbonyl (C=O) groups excluding carboxylic acids is 1. The zero-order valence-corrected chi connectivity index (χ0v) is 20.8. The van der Waals surface area contributed by atoms with Crippen LogP contribution in [0, 0.1) is 5.92 Å². The lowest BCUT2D eigenvalue weighted by molar-refractivity contribution is -0.140. The number of hydrogen-bond acceptors (Lipinski definition) is 7. The van der Waals surface area contributed by atoms with Gasteiger partial charge < -0.3 is 30.7 Å². The number of carboxylic acid groups (broad SMARTS) is 1. The number of piperidine rings is 1. The van der Waals surface area contributed by atoms with Gasteiger partial charge in [-0.2, -0.15) is 0 Å². The van der Waals surface area contributed by atoms with Crippen LogP contribution in [0.3, 0.4) is 0 Å². The van der Waals surface area contributed by atoms with Crippen molar-refractivity contribution in [2.45, 2.75) is 64.0 Å². The van der Waals surface area contributed by atoms with Crippen molar-refractivity contribution in [3.63, 3.8) is 0 Å². The fraction of sp³-hybridized carbons (Fsp3) is 0.720. The minimum atomic E-state index is -0.915. The second kappa shape index (κ2) is 11.8. The number of nitrogens with zero attached hydrogens (tertiary/aromatic N) is 4. The van der Waals surface area contributed by atoms with Crippen molar-refractivity contribution in [3.05, 3.63) is 12.3 Å². The molecule has 194 valence electrons. The summed E-state index contributed by atoms with van der Waals surface area (Å²) in [4.78, 5) is 34.4. The summed E-state index contributed by atoms with van der Waals surface area (Å²) in [5, 5.41) is 12.7. The summed E-state index contributed by atoms with van der Waals surface area (Å²) in [6.07, 6.45) is 7.97. The summed E-state index contributed by atoms with van der Waals surface area (Å²) in [5.74, 6) is 0.737. The molecule has 3 heterocycles. The number of nitrogens with one attached hydrogen (secondary N) is 1. The van der Waals surface area contributed by atoms with Crippen molar-refractivity contribution in [1.82, 2.24) is 19.7 Å². The van der Waals surface area contributed by atoms with Crippen molar-refractivity contribution < 1.29 is 19.4 Å². The van der Waals surface area contributed by atoms with Crippen LogP contribution in [0.5, 0.6) is 5.88 Å². The standard InChI is InChI=1S/C25H40N6O4/c1-18-17-30(25(33)34)11-12-31(18)24(32)19-5-7-20(8-6-19)28-22-15-23(27-16-21(22)26)35-14-13-29-9-3-2-4-10-29/h15-16,18-20H,2-14,17,26H2,1H3,(H,27,28)(H,33,34). The van der Waals surface area contributed by atoms with Crippen LogP contribution in [-0.2, 0) is 4.79 Å². The largest absolute Gasteiger partial charge is 0.476 e. The monoisotopic (exact) mass is 488 g/mol. The molecule has 3 aliphatic rings. The number of nitrogen functional groups attached to an aromatic ring is 1. The van der Waals surface area contributed by atoms with Gasteiger partial charge in [-0.3, -0.25) is 9.69 Å². The minimum absolute atomic E-state index is 0.00431. The molecule has 1 saturated carbocycles. The number of hydrogen-bond donors (Lipinski definition) is 3. The molecule has 2 saturated heterocycles. The lowest BCUT2D eigenvalue weighted by Crippen LogP contribution is -2.56. The Kier molecular flexibility index (Phi) is 8.54. The van der Waals surface area contributed by atoms with E-state index in [1.54, 1.807) is 6.20 Å². The predicted molar refractivity (Wildman–Crippen MR) is 135 cm³/mol. The molecule has 1 aromatic heterocycles.